The van der Waals surface area contributed by atoms with Crippen LogP contribution in [0.2, 0.25) is 0 Å². The lowest BCUT2D eigenvalue weighted by molar-refractivity contribution is 0.0690. The van der Waals surface area contributed by atoms with Gasteiger partial charge in [-0.3, -0.25) is 0 Å². The summed E-state index contributed by atoms with van der Waals surface area (Å²) >= 11 is 1.42. The number of thiazole rings is 1. The van der Waals surface area contributed by atoms with Gasteiger partial charge in [-0.15, -0.1) is 11.3 Å². The van der Waals surface area contributed by atoms with Crippen LogP contribution in [0.4, 0.5) is 0 Å². The summed E-state index contributed by atoms with van der Waals surface area (Å²) in [4.78, 5) is 16.1. The first-order valence-corrected chi connectivity index (χ1v) is 8.76. The molecule has 0 amide bonds. The number of benzene rings is 1. The summed E-state index contributed by atoms with van der Waals surface area (Å²) in [6.07, 6.45) is 0.833. The van der Waals surface area contributed by atoms with Crippen molar-refractivity contribution in [1.29, 1.82) is 0 Å². The standard InChI is InChI=1S/C18H20N2O3S/c1-4-14-13(12-7-5-6-8-15(12)23-14)9-19-10(2)17-20-16(18(21)22)11(3)24-17/h5-8,10,19H,4,9H2,1-3H3,(H,21,22). The molecule has 0 bridgehead atoms. The number of nitrogens with zero attached hydrogens (tertiary/aromatic N) is 1. The first kappa shape index (κ1) is 16.7. The fourth-order valence-corrected chi connectivity index (χ4v) is 3.71. The third-order valence-electron chi connectivity index (χ3n) is 4.07. The highest BCUT2D eigenvalue weighted by molar-refractivity contribution is 7.11. The van der Waals surface area contributed by atoms with Crippen molar-refractivity contribution in [2.24, 2.45) is 0 Å². The molecule has 0 radical (unpaired) electrons. The molecule has 3 aromatic rings. The van der Waals surface area contributed by atoms with Crippen LogP contribution in [0.25, 0.3) is 11.0 Å². The zero-order chi connectivity index (χ0) is 17.3. The molecule has 5 nitrogen and oxygen atoms in total. The molecule has 126 valence electrons. The lowest BCUT2D eigenvalue weighted by Crippen LogP contribution is -2.18. The van der Waals surface area contributed by atoms with Crippen LogP contribution in [0.5, 0.6) is 0 Å². The van der Waals surface area contributed by atoms with E-state index >= 15 is 0 Å². The number of aromatic carboxylic acids is 1. The molecule has 3 rings (SSSR count). The molecule has 1 unspecified atom stereocenters. The van der Waals surface area contributed by atoms with E-state index in [1.54, 1.807) is 6.92 Å². The summed E-state index contributed by atoms with van der Waals surface area (Å²) in [5.74, 6) is 0.00809. The molecule has 0 saturated heterocycles. The van der Waals surface area contributed by atoms with Crippen molar-refractivity contribution in [2.45, 2.75) is 39.8 Å². The highest BCUT2D eigenvalue weighted by Crippen LogP contribution is 2.28. The quantitative estimate of drug-likeness (QED) is 0.697. The van der Waals surface area contributed by atoms with Gasteiger partial charge >= 0.3 is 5.97 Å². The number of carbonyl (C=O) groups is 1. The van der Waals surface area contributed by atoms with Gasteiger partial charge in [0.05, 0.1) is 6.04 Å². The second-order valence-corrected chi connectivity index (χ2v) is 6.95. The van der Waals surface area contributed by atoms with E-state index in [1.165, 1.54) is 11.3 Å². The number of fused-ring (bicyclic) bond motifs is 1. The number of aromatic nitrogens is 1. The highest BCUT2D eigenvalue weighted by Gasteiger charge is 2.19. The normalized spacial score (nSPS) is 12.6. The molecule has 24 heavy (non-hydrogen) atoms. The number of aryl methyl sites for hydroxylation is 2. The average Bonchev–Trinajstić information content (AvgIpc) is 3.13. The van der Waals surface area contributed by atoms with Gasteiger partial charge < -0.3 is 14.8 Å². The Labute approximate surface area is 144 Å². The van der Waals surface area contributed by atoms with Gasteiger partial charge in [-0.25, -0.2) is 9.78 Å². The molecule has 2 heterocycles. The number of carboxylic acid groups (broad SMARTS) is 1. The number of hydrogen-bond donors (Lipinski definition) is 2. The van der Waals surface area contributed by atoms with Crippen LogP contribution < -0.4 is 5.32 Å². The Kier molecular flexibility index (Phi) is 4.69. The van der Waals surface area contributed by atoms with Gasteiger partial charge in [0.15, 0.2) is 5.69 Å². The zero-order valence-electron chi connectivity index (χ0n) is 13.9. The third kappa shape index (κ3) is 3.07. The van der Waals surface area contributed by atoms with Crippen molar-refractivity contribution >= 4 is 28.3 Å². The molecule has 1 aromatic carbocycles. The molecular weight excluding hydrogens is 324 g/mol. The fraction of sp³-hybridized carbons (Fsp3) is 0.333. The van der Waals surface area contributed by atoms with Crippen molar-refractivity contribution in [3.8, 4) is 0 Å². The molecule has 0 aliphatic carbocycles. The monoisotopic (exact) mass is 344 g/mol. The molecule has 0 aliphatic heterocycles. The second-order valence-electron chi connectivity index (χ2n) is 5.72. The number of furan rings is 1. The van der Waals surface area contributed by atoms with Crippen molar-refractivity contribution in [3.63, 3.8) is 0 Å². The minimum atomic E-state index is -0.976. The molecule has 0 spiro atoms. The minimum absolute atomic E-state index is 0.0276. The summed E-state index contributed by atoms with van der Waals surface area (Å²) in [7, 11) is 0. The molecular formula is C18H20N2O3S. The maximum Gasteiger partial charge on any atom is 0.355 e. The molecule has 0 saturated carbocycles. The van der Waals surface area contributed by atoms with E-state index in [0.717, 1.165) is 38.6 Å². The predicted octanol–water partition coefficient (Wildman–Crippen LogP) is 4.31. The first-order chi connectivity index (χ1) is 11.5. The van der Waals surface area contributed by atoms with Crippen LogP contribution >= 0.6 is 11.3 Å². The molecule has 2 aromatic heterocycles. The summed E-state index contributed by atoms with van der Waals surface area (Å²) in [5.41, 5.74) is 2.20. The Morgan fingerprint density at radius 3 is 2.83 bits per heavy atom. The predicted molar refractivity (Wildman–Crippen MR) is 94.7 cm³/mol. The summed E-state index contributed by atoms with van der Waals surface area (Å²) < 4.78 is 5.91. The fourth-order valence-electron chi connectivity index (χ4n) is 2.77. The van der Waals surface area contributed by atoms with Gasteiger partial charge in [-0.2, -0.15) is 0 Å². The Balaban J connectivity index is 1.80. The number of nitrogens with one attached hydrogen (secondary N) is 1. The highest BCUT2D eigenvalue weighted by atomic mass is 32.1. The second kappa shape index (κ2) is 6.75. The summed E-state index contributed by atoms with van der Waals surface area (Å²) in [6, 6.07) is 7.99. The Hall–Kier alpha value is -2.18. The van der Waals surface area contributed by atoms with Crippen LogP contribution in [0.15, 0.2) is 28.7 Å². The molecule has 1 atom stereocenters. The van der Waals surface area contributed by atoms with Crippen molar-refractivity contribution in [2.75, 3.05) is 0 Å². The van der Waals surface area contributed by atoms with Crippen molar-refractivity contribution < 1.29 is 14.3 Å². The Morgan fingerprint density at radius 2 is 2.17 bits per heavy atom. The zero-order valence-corrected chi connectivity index (χ0v) is 14.7. The molecule has 0 aliphatic rings. The lowest BCUT2D eigenvalue weighted by Gasteiger charge is -2.11. The van der Waals surface area contributed by atoms with Crippen LogP contribution in [-0.2, 0) is 13.0 Å². The SMILES string of the molecule is CCc1oc2ccccc2c1CNC(C)c1nc(C(=O)O)c(C)s1. The van der Waals surface area contributed by atoms with Crippen LogP contribution in [-0.4, -0.2) is 16.1 Å². The number of rotatable bonds is 6. The number of hydrogen-bond acceptors (Lipinski definition) is 5. The maximum atomic E-state index is 11.1. The van der Waals surface area contributed by atoms with Gasteiger partial charge in [0, 0.05) is 28.8 Å². The maximum absolute atomic E-state index is 11.1. The van der Waals surface area contributed by atoms with E-state index in [2.05, 4.69) is 23.3 Å². The molecule has 0 fully saturated rings. The van der Waals surface area contributed by atoms with E-state index in [1.807, 2.05) is 25.1 Å². The van der Waals surface area contributed by atoms with Gasteiger partial charge in [-0.1, -0.05) is 25.1 Å². The molecule has 6 heteroatoms. The van der Waals surface area contributed by atoms with Crippen molar-refractivity contribution in [1.82, 2.24) is 10.3 Å². The summed E-state index contributed by atoms with van der Waals surface area (Å²) in [5, 5.41) is 14.5. The molecule has 2 N–H and O–H groups in total. The van der Waals surface area contributed by atoms with Crippen LogP contribution in [0, 0.1) is 6.92 Å². The van der Waals surface area contributed by atoms with E-state index in [-0.39, 0.29) is 11.7 Å². The average molecular weight is 344 g/mol. The van der Waals surface area contributed by atoms with Gasteiger partial charge in [0.2, 0.25) is 0 Å². The Morgan fingerprint density at radius 1 is 1.42 bits per heavy atom. The van der Waals surface area contributed by atoms with Crippen molar-refractivity contribution in [3.05, 3.63) is 51.2 Å². The van der Waals surface area contributed by atoms with Gasteiger partial charge in [-0.05, 0) is 19.9 Å². The smallest absolute Gasteiger partial charge is 0.355 e. The van der Waals surface area contributed by atoms with E-state index in [0.29, 0.717) is 6.54 Å². The first-order valence-electron chi connectivity index (χ1n) is 7.94. The topological polar surface area (TPSA) is 75.4 Å². The minimum Gasteiger partial charge on any atom is -0.476 e. The van der Waals surface area contributed by atoms with Crippen LogP contribution in [0.3, 0.4) is 0 Å². The van der Waals surface area contributed by atoms with Crippen LogP contribution in [0.1, 0.15) is 51.6 Å². The van der Waals surface area contributed by atoms with E-state index in [4.69, 9.17) is 9.52 Å². The van der Waals surface area contributed by atoms with E-state index < -0.39 is 5.97 Å². The Bertz CT molecular complexity index is 882. The summed E-state index contributed by atoms with van der Waals surface area (Å²) in [6.45, 7) is 6.52. The number of para-hydroxylation sites is 1. The van der Waals surface area contributed by atoms with Gasteiger partial charge in [0.25, 0.3) is 0 Å². The lowest BCUT2D eigenvalue weighted by atomic mass is 10.1. The third-order valence-corrected chi connectivity index (χ3v) is 5.23. The van der Waals surface area contributed by atoms with E-state index in [9.17, 15) is 4.79 Å². The largest absolute Gasteiger partial charge is 0.476 e. The number of carboxylic acids is 1. The van der Waals surface area contributed by atoms with Gasteiger partial charge in [0.1, 0.15) is 16.4 Å².